The maximum Gasteiger partial charge on any atom is 0.227 e. The highest BCUT2D eigenvalue weighted by molar-refractivity contribution is 7.98. The van der Waals surface area contributed by atoms with Crippen molar-refractivity contribution in [3.8, 4) is 0 Å². The van der Waals surface area contributed by atoms with Crippen molar-refractivity contribution >= 4 is 34.3 Å². The van der Waals surface area contributed by atoms with Crippen LogP contribution in [0.1, 0.15) is 31.9 Å². The monoisotopic (exact) mass is 390 g/mol. The van der Waals surface area contributed by atoms with Gasteiger partial charge in [-0.2, -0.15) is 4.98 Å². The lowest BCUT2D eigenvalue weighted by Gasteiger charge is -2.40. The van der Waals surface area contributed by atoms with Gasteiger partial charge in [0.15, 0.2) is 0 Å². The normalized spacial score (nSPS) is 23.0. The lowest BCUT2D eigenvalue weighted by atomic mass is 9.71. The largest absolute Gasteiger partial charge is 0.328 e. The fourth-order valence-electron chi connectivity index (χ4n) is 4.51. The first-order chi connectivity index (χ1) is 13.5. The number of benzene rings is 2. The molecule has 1 aliphatic carbocycles. The van der Waals surface area contributed by atoms with Crippen molar-refractivity contribution in [1.29, 1.82) is 0 Å². The molecule has 2 aromatic carbocycles. The molecule has 0 saturated carbocycles. The first-order valence-electron chi connectivity index (χ1n) is 9.47. The molecule has 2 atom stereocenters. The summed E-state index contributed by atoms with van der Waals surface area (Å²) in [5.74, 6) is 0.679. The topological polar surface area (TPSA) is 59.8 Å². The van der Waals surface area contributed by atoms with Crippen molar-refractivity contribution < 1.29 is 4.79 Å². The summed E-state index contributed by atoms with van der Waals surface area (Å²) in [5.41, 5.74) is 1.90. The minimum atomic E-state index is -0.275. The molecule has 0 radical (unpaired) electrons. The van der Waals surface area contributed by atoms with Crippen LogP contribution >= 0.6 is 11.8 Å². The summed E-state index contributed by atoms with van der Waals surface area (Å²) >= 11 is 1.51. The fraction of sp³-hybridized carbons (Fsp3) is 0.318. The summed E-state index contributed by atoms with van der Waals surface area (Å²) in [5, 5.41) is 11.2. The molecule has 2 aliphatic rings. The summed E-state index contributed by atoms with van der Waals surface area (Å²) < 4.78 is 1.91. The van der Waals surface area contributed by atoms with Gasteiger partial charge >= 0.3 is 0 Å². The third kappa shape index (κ3) is 2.66. The van der Waals surface area contributed by atoms with E-state index in [1.54, 1.807) is 0 Å². The predicted octanol–water partition coefficient (Wildman–Crippen LogP) is 4.67. The van der Waals surface area contributed by atoms with Crippen LogP contribution in [0.15, 0.2) is 59.4 Å². The van der Waals surface area contributed by atoms with Gasteiger partial charge in [0, 0.05) is 12.1 Å². The number of nitrogens with one attached hydrogen (secondary N) is 1. The minimum Gasteiger partial charge on any atom is -0.328 e. The van der Waals surface area contributed by atoms with Gasteiger partial charge in [0.25, 0.3) is 0 Å². The van der Waals surface area contributed by atoms with Crippen LogP contribution in [0.4, 0.5) is 5.95 Å². The molecule has 0 saturated heterocycles. The number of aromatic nitrogens is 3. The number of hydrogen-bond donors (Lipinski definition) is 1. The Morgan fingerprint density at radius 2 is 1.96 bits per heavy atom. The second-order valence-electron chi connectivity index (χ2n) is 8.21. The summed E-state index contributed by atoms with van der Waals surface area (Å²) in [6, 6.07) is 14.4. The van der Waals surface area contributed by atoms with Crippen LogP contribution in [0.5, 0.6) is 0 Å². The predicted molar refractivity (Wildman–Crippen MR) is 112 cm³/mol. The van der Waals surface area contributed by atoms with Crippen LogP contribution in [-0.4, -0.2) is 26.8 Å². The molecule has 2 heterocycles. The van der Waals surface area contributed by atoms with E-state index in [1.807, 2.05) is 23.1 Å². The number of thioether (sulfide) groups is 1. The van der Waals surface area contributed by atoms with Gasteiger partial charge in [-0.05, 0) is 28.0 Å². The van der Waals surface area contributed by atoms with E-state index in [0.29, 0.717) is 17.5 Å². The Kier molecular flexibility index (Phi) is 3.88. The second-order valence-corrected chi connectivity index (χ2v) is 8.99. The van der Waals surface area contributed by atoms with E-state index in [4.69, 9.17) is 5.10 Å². The number of anilines is 1. The molecule has 0 unspecified atom stereocenters. The van der Waals surface area contributed by atoms with Gasteiger partial charge in [-0.1, -0.05) is 74.1 Å². The Morgan fingerprint density at radius 1 is 1.18 bits per heavy atom. The molecule has 3 aromatic rings. The Bertz CT molecular complexity index is 1130. The van der Waals surface area contributed by atoms with Crippen LogP contribution in [0.25, 0.3) is 10.8 Å². The molecule has 0 fully saturated rings. The number of carbonyl (C=O) groups is 1. The molecule has 142 valence electrons. The number of allylic oxidation sites excluding steroid dienone is 2. The zero-order valence-electron chi connectivity index (χ0n) is 16.1. The molecule has 1 aromatic heterocycles. The van der Waals surface area contributed by atoms with Gasteiger partial charge in [-0.25, -0.2) is 4.68 Å². The van der Waals surface area contributed by atoms with Crippen LogP contribution < -0.4 is 5.32 Å². The maximum absolute atomic E-state index is 13.3. The number of hydrogen-bond acceptors (Lipinski definition) is 5. The van der Waals surface area contributed by atoms with E-state index in [9.17, 15) is 4.79 Å². The molecular weight excluding hydrogens is 368 g/mol. The molecule has 6 heteroatoms. The summed E-state index contributed by atoms with van der Waals surface area (Å²) in [4.78, 5) is 17.9. The number of ketones is 1. The SMILES string of the molecule is CSc1nc2n(n1)[C@H](c1cccc3ccccc13)[C@H]1C(=O)CC(C)(C)C=C1N2. The van der Waals surface area contributed by atoms with Crippen molar-refractivity contribution in [3.05, 3.63) is 59.8 Å². The standard InChI is InChI=1S/C22H22N4OS/c1-22(2)11-16-18(17(27)12-22)19(26-20(23-16)24-21(25-26)28-3)15-10-6-8-13-7-4-5-9-14(13)15/h4-11,18-19H,12H2,1-3H3,(H,23,24,25)/t18-,19-/m1/s1. The van der Waals surface area contributed by atoms with Crippen molar-refractivity contribution in [1.82, 2.24) is 14.8 Å². The zero-order valence-corrected chi connectivity index (χ0v) is 17.0. The van der Waals surface area contributed by atoms with Crippen molar-refractivity contribution in [3.63, 3.8) is 0 Å². The van der Waals surface area contributed by atoms with Gasteiger partial charge in [0.1, 0.15) is 5.78 Å². The molecule has 1 aliphatic heterocycles. The number of rotatable bonds is 2. The molecule has 5 rings (SSSR count). The lowest BCUT2D eigenvalue weighted by molar-refractivity contribution is -0.125. The summed E-state index contributed by atoms with van der Waals surface area (Å²) in [6.45, 7) is 4.21. The van der Waals surface area contributed by atoms with Crippen molar-refractivity contribution in [2.45, 2.75) is 31.5 Å². The molecule has 0 spiro atoms. The average Bonchev–Trinajstić information content (AvgIpc) is 3.08. The van der Waals surface area contributed by atoms with Gasteiger partial charge in [0.05, 0.1) is 12.0 Å². The highest BCUT2D eigenvalue weighted by atomic mass is 32.2. The van der Waals surface area contributed by atoms with Crippen LogP contribution in [0.3, 0.4) is 0 Å². The maximum atomic E-state index is 13.3. The highest BCUT2D eigenvalue weighted by Gasteiger charge is 2.45. The third-order valence-electron chi connectivity index (χ3n) is 5.63. The van der Waals surface area contributed by atoms with Crippen molar-refractivity contribution in [2.75, 3.05) is 11.6 Å². The second kappa shape index (κ2) is 6.21. The Balaban J connectivity index is 1.79. The molecule has 1 N–H and O–H groups in total. The van der Waals surface area contributed by atoms with Gasteiger partial charge in [-0.15, -0.1) is 5.10 Å². The summed E-state index contributed by atoms with van der Waals surface area (Å²) in [6.07, 6.45) is 4.70. The van der Waals surface area contributed by atoms with Crippen LogP contribution in [0.2, 0.25) is 0 Å². The van der Waals surface area contributed by atoms with E-state index in [-0.39, 0.29) is 23.2 Å². The quantitative estimate of drug-likeness (QED) is 0.645. The van der Waals surface area contributed by atoms with Crippen LogP contribution in [0, 0.1) is 11.3 Å². The van der Waals surface area contributed by atoms with E-state index >= 15 is 0 Å². The smallest absolute Gasteiger partial charge is 0.227 e. The Labute approximate surface area is 168 Å². The fourth-order valence-corrected chi connectivity index (χ4v) is 4.86. The Hall–Kier alpha value is -2.60. The van der Waals surface area contributed by atoms with Gasteiger partial charge < -0.3 is 5.32 Å². The molecule has 0 bridgehead atoms. The lowest BCUT2D eigenvalue weighted by Crippen LogP contribution is -2.42. The number of nitrogens with zero attached hydrogens (tertiary/aromatic N) is 3. The van der Waals surface area contributed by atoms with E-state index < -0.39 is 0 Å². The van der Waals surface area contributed by atoms with Crippen molar-refractivity contribution in [2.24, 2.45) is 11.3 Å². The van der Waals surface area contributed by atoms with E-state index in [2.05, 4.69) is 60.6 Å². The minimum absolute atomic E-state index is 0.163. The third-order valence-corrected chi connectivity index (χ3v) is 6.17. The van der Waals surface area contributed by atoms with E-state index in [0.717, 1.165) is 16.6 Å². The highest BCUT2D eigenvalue weighted by Crippen LogP contribution is 2.46. The molecule has 5 nitrogen and oxygen atoms in total. The molecular formula is C22H22N4OS. The number of carbonyl (C=O) groups excluding carboxylic acids is 1. The first-order valence-corrected chi connectivity index (χ1v) is 10.7. The van der Waals surface area contributed by atoms with Crippen LogP contribution in [-0.2, 0) is 4.79 Å². The molecule has 28 heavy (non-hydrogen) atoms. The Morgan fingerprint density at radius 3 is 2.79 bits per heavy atom. The average molecular weight is 391 g/mol. The first kappa shape index (κ1) is 17.5. The van der Waals surface area contributed by atoms with Gasteiger partial charge in [-0.3, -0.25) is 4.79 Å². The molecule has 0 amide bonds. The van der Waals surface area contributed by atoms with Gasteiger partial charge in [0.2, 0.25) is 11.1 Å². The summed E-state index contributed by atoms with van der Waals surface area (Å²) in [7, 11) is 0. The number of fused-ring (bicyclic) bond motifs is 3. The number of Topliss-reactive ketones (excluding diaryl/α,β-unsaturated/α-hetero) is 1. The van der Waals surface area contributed by atoms with E-state index in [1.165, 1.54) is 17.1 Å². The zero-order chi connectivity index (χ0) is 19.5.